The summed E-state index contributed by atoms with van der Waals surface area (Å²) in [7, 11) is 0. The zero-order valence-electron chi connectivity index (χ0n) is 17.9. The first-order valence-corrected chi connectivity index (χ1v) is 10.0. The fourth-order valence-electron chi connectivity index (χ4n) is 3.43. The summed E-state index contributed by atoms with van der Waals surface area (Å²) in [5, 5.41) is 27.7. The molecule has 10 heteroatoms. The zero-order chi connectivity index (χ0) is 23.5. The quantitative estimate of drug-likeness (QED) is 0.340. The number of anilines is 1. The standard InChI is InChI=1S/C23H20N6O4/c1-14-21(29(32)33)15(2)28(27-14)13-16-6-8-17(9-7-16)23(31)26-19-11-24-22(25-12-19)18-4-3-5-20(30)10-18/h3-12,30H,13H2,1-2H3,(H,26,31). The molecule has 2 heterocycles. The number of phenolic OH excluding ortho intramolecular Hbond substituents is 1. The molecule has 0 bridgehead atoms. The number of aromatic nitrogens is 4. The molecule has 2 aromatic carbocycles. The van der Waals surface area contributed by atoms with E-state index in [9.17, 15) is 20.0 Å². The van der Waals surface area contributed by atoms with Crippen LogP contribution in [0.2, 0.25) is 0 Å². The lowest BCUT2D eigenvalue weighted by Gasteiger charge is -2.08. The lowest BCUT2D eigenvalue weighted by molar-refractivity contribution is -0.386. The highest BCUT2D eigenvalue weighted by Crippen LogP contribution is 2.23. The Morgan fingerprint density at radius 2 is 1.82 bits per heavy atom. The molecule has 0 radical (unpaired) electrons. The molecular weight excluding hydrogens is 424 g/mol. The van der Waals surface area contributed by atoms with Crippen molar-refractivity contribution in [3.63, 3.8) is 0 Å². The van der Waals surface area contributed by atoms with Crippen LogP contribution in [0.1, 0.15) is 27.3 Å². The minimum atomic E-state index is -0.429. The van der Waals surface area contributed by atoms with Crippen molar-refractivity contribution in [1.82, 2.24) is 19.7 Å². The van der Waals surface area contributed by atoms with Gasteiger partial charge >= 0.3 is 5.69 Å². The number of hydrogen-bond donors (Lipinski definition) is 2. The first-order chi connectivity index (χ1) is 15.8. The summed E-state index contributed by atoms with van der Waals surface area (Å²) < 4.78 is 1.58. The van der Waals surface area contributed by atoms with Crippen molar-refractivity contribution in [3.05, 3.63) is 93.6 Å². The minimum absolute atomic E-state index is 0.0169. The number of hydrogen-bond acceptors (Lipinski definition) is 7. The molecule has 0 saturated carbocycles. The van der Waals surface area contributed by atoms with Crippen molar-refractivity contribution in [2.75, 3.05) is 5.32 Å². The van der Waals surface area contributed by atoms with Crippen LogP contribution < -0.4 is 5.32 Å². The molecule has 10 nitrogen and oxygen atoms in total. The number of benzene rings is 2. The second-order valence-corrected chi connectivity index (χ2v) is 7.43. The number of carbonyl (C=O) groups is 1. The van der Waals surface area contributed by atoms with Crippen molar-refractivity contribution in [1.29, 1.82) is 0 Å². The fraction of sp³-hybridized carbons (Fsp3) is 0.130. The molecule has 0 aliphatic heterocycles. The molecule has 0 unspecified atom stereocenters. The van der Waals surface area contributed by atoms with E-state index in [-0.39, 0.29) is 17.3 Å². The van der Waals surface area contributed by atoms with E-state index < -0.39 is 4.92 Å². The van der Waals surface area contributed by atoms with E-state index in [1.807, 2.05) is 0 Å². The highest BCUT2D eigenvalue weighted by Gasteiger charge is 2.21. The molecule has 0 fully saturated rings. The third kappa shape index (κ3) is 4.69. The molecule has 0 spiro atoms. The van der Waals surface area contributed by atoms with Crippen molar-refractivity contribution in [2.24, 2.45) is 0 Å². The minimum Gasteiger partial charge on any atom is -0.508 e. The summed E-state index contributed by atoms with van der Waals surface area (Å²) >= 11 is 0. The number of carbonyl (C=O) groups excluding carboxylic acids is 1. The lowest BCUT2D eigenvalue weighted by Crippen LogP contribution is -2.12. The predicted octanol–water partition coefficient (Wildman–Crippen LogP) is 3.87. The molecule has 166 valence electrons. The topological polar surface area (TPSA) is 136 Å². The Labute approximate surface area is 188 Å². The number of phenols is 1. The second kappa shape index (κ2) is 8.87. The van der Waals surface area contributed by atoms with Crippen molar-refractivity contribution >= 4 is 17.3 Å². The average molecular weight is 444 g/mol. The molecular formula is C23H20N6O4. The lowest BCUT2D eigenvalue weighted by atomic mass is 10.1. The number of aryl methyl sites for hydroxylation is 1. The van der Waals surface area contributed by atoms with E-state index in [0.717, 1.165) is 5.56 Å². The van der Waals surface area contributed by atoms with E-state index in [4.69, 9.17) is 0 Å². The Balaban J connectivity index is 1.42. The fourth-order valence-corrected chi connectivity index (χ4v) is 3.43. The maximum absolute atomic E-state index is 12.6. The van der Waals surface area contributed by atoms with Gasteiger partial charge in [-0.3, -0.25) is 19.6 Å². The van der Waals surface area contributed by atoms with Gasteiger partial charge in [-0.2, -0.15) is 5.10 Å². The molecule has 4 aromatic rings. The SMILES string of the molecule is Cc1nn(Cc2ccc(C(=O)Nc3cnc(-c4cccc(O)c4)nc3)cc2)c(C)c1[N+](=O)[O-]. The second-order valence-electron chi connectivity index (χ2n) is 7.43. The average Bonchev–Trinajstić information content (AvgIpc) is 3.07. The third-order valence-corrected chi connectivity index (χ3v) is 5.09. The maximum Gasteiger partial charge on any atom is 0.312 e. The summed E-state index contributed by atoms with van der Waals surface area (Å²) in [4.78, 5) is 31.8. The van der Waals surface area contributed by atoms with Crippen molar-refractivity contribution in [3.8, 4) is 17.1 Å². The van der Waals surface area contributed by atoms with Crippen LogP contribution in [0.15, 0.2) is 60.9 Å². The highest BCUT2D eigenvalue weighted by molar-refractivity contribution is 6.04. The van der Waals surface area contributed by atoms with Gasteiger partial charge in [-0.1, -0.05) is 24.3 Å². The summed E-state index contributed by atoms with van der Waals surface area (Å²) in [5.74, 6) is 0.225. The van der Waals surface area contributed by atoms with Crippen LogP contribution >= 0.6 is 0 Å². The summed E-state index contributed by atoms with van der Waals surface area (Å²) in [6, 6.07) is 13.5. The van der Waals surface area contributed by atoms with Crippen LogP contribution in [0.4, 0.5) is 11.4 Å². The number of nitrogens with zero attached hydrogens (tertiary/aromatic N) is 5. The molecule has 0 saturated heterocycles. The number of amides is 1. The molecule has 2 N–H and O–H groups in total. The monoisotopic (exact) mass is 444 g/mol. The van der Waals surface area contributed by atoms with Gasteiger partial charge in [0.15, 0.2) is 5.82 Å². The maximum atomic E-state index is 12.6. The van der Waals surface area contributed by atoms with Gasteiger partial charge in [0.1, 0.15) is 17.1 Å². The Kier molecular flexibility index (Phi) is 5.81. The molecule has 0 atom stereocenters. The number of aromatic hydroxyl groups is 1. The third-order valence-electron chi connectivity index (χ3n) is 5.09. The summed E-state index contributed by atoms with van der Waals surface area (Å²) in [6.45, 7) is 3.62. The summed E-state index contributed by atoms with van der Waals surface area (Å²) in [5.41, 5.74) is 3.25. The molecule has 2 aromatic heterocycles. The Morgan fingerprint density at radius 1 is 1.12 bits per heavy atom. The van der Waals surface area contributed by atoms with Gasteiger partial charge < -0.3 is 10.4 Å². The molecule has 0 aliphatic carbocycles. The van der Waals surface area contributed by atoms with Crippen LogP contribution in [0.5, 0.6) is 5.75 Å². The normalized spacial score (nSPS) is 10.7. The van der Waals surface area contributed by atoms with Gasteiger partial charge in [0.2, 0.25) is 0 Å². The van der Waals surface area contributed by atoms with Crippen LogP contribution in [-0.4, -0.2) is 35.7 Å². The van der Waals surface area contributed by atoms with Gasteiger partial charge in [0.05, 0.1) is 29.5 Å². The zero-order valence-corrected chi connectivity index (χ0v) is 17.9. The van der Waals surface area contributed by atoms with Crippen LogP contribution in [0.25, 0.3) is 11.4 Å². The van der Waals surface area contributed by atoms with Crippen molar-refractivity contribution in [2.45, 2.75) is 20.4 Å². The van der Waals surface area contributed by atoms with Gasteiger partial charge in [-0.25, -0.2) is 9.97 Å². The molecule has 4 rings (SSSR count). The van der Waals surface area contributed by atoms with Crippen LogP contribution in [0.3, 0.4) is 0 Å². The van der Waals surface area contributed by atoms with Crippen molar-refractivity contribution < 1.29 is 14.8 Å². The first kappa shape index (κ1) is 21.6. The summed E-state index contributed by atoms with van der Waals surface area (Å²) in [6.07, 6.45) is 2.99. The molecule has 1 amide bonds. The van der Waals surface area contributed by atoms with E-state index >= 15 is 0 Å². The number of nitrogens with one attached hydrogen (secondary N) is 1. The number of rotatable bonds is 6. The van der Waals surface area contributed by atoms with Gasteiger partial charge in [-0.15, -0.1) is 0 Å². The Morgan fingerprint density at radius 3 is 2.42 bits per heavy atom. The van der Waals surface area contributed by atoms with Gasteiger partial charge in [-0.05, 0) is 43.7 Å². The number of nitro groups is 1. The predicted molar refractivity (Wildman–Crippen MR) is 121 cm³/mol. The Bertz CT molecular complexity index is 1330. The van der Waals surface area contributed by atoms with E-state index in [1.54, 1.807) is 67.1 Å². The van der Waals surface area contributed by atoms with Crippen LogP contribution in [-0.2, 0) is 6.54 Å². The van der Waals surface area contributed by atoms with Crippen LogP contribution in [0, 0.1) is 24.0 Å². The van der Waals surface area contributed by atoms with E-state index in [0.29, 0.717) is 40.6 Å². The van der Waals surface area contributed by atoms with E-state index in [1.165, 1.54) is 12.4 Å². The van der Waals surface area contributed by atoms with E-state index in [2.05, 4.69) is 20.4 Å². The van der Waals surface area contributed by atoms with Gasteiger partial charge in [0.25, 0.3) is 5.91 Å². The highest BCUT2D eigenvalue weighted by atomic mass is 16.6. The Hall–Kier alpha value is -4.60. The first-order valence-electron chi connectivity index (χ1n) is 10.0. The molecule has 33 heavy (non-hydrogen) atoms. The largest absolute Gasteiger partial charge is 0.508 e. The van der Waals surface area contributed by atoms with Gasteiger partial charge in [0, 0.05) is 11.1 Å². The smallest absolute Gasteiger partial charge is 0.312 e. The molecule has 0 aliphatic rings.